The fourth-order valence-electron chi connectivity index (χ4n) is 2.88. The molecule has 0 aliphatic carbocycles. The number of hydrogen-bond acceptors (Lipinski definition) is 3. The summed E-state index contributed by atoms with van der Waals surface area (Å²) < 4.78 is 2.29. The number of aryl methyl sites for hydroxylation is 1. The zero-order valence-electron chi connectivity index (χ0n) is 13.5. The molecule has 2 rings (SSSR count). The Labute approximate surface area is 123 Å². The SMILES string of the molecule is Cc1cn(CC(C)N2CCCCC2)c(NCC(C)C)n1. The van der Waals surface area contributed by atoms with Crippen molar-refractivity contribution in [3.8, 4) is 0 Å². The third-order valence-electron chi connectivity index (χ3n) is 4.04. The number of nitrogens with zero attached hydrogens (tertiary/aromatic N) is 3. The van der Waals surface area contributed by atoms with E-state index in [-0.39, 0.29) is 0 Å². The van der Waals surface area contributed by atoms with E-state index in [1.807, 2.05) is 0 Å². The summed E-state index contributed by atoms with van der Waals surface area (Å²) >= 11 is 0. The molecule has 0 spiro atoms. The van der Waals surface area contributed by atoms with Crippen molar-refractivity contribution in [1.29, 1.82) is 0 Å². The molecule has 4 nitrogen and oxygen atoms in total. The molecule has 1 fully saturated rings. The van der Waals surface area contributed by atoms with Gasteiger partial charge in [-0.15, -0.1) is 0 Å². The van der Waals surface area contributed by atoms with Gasteiger partial charge in [0.2, 0.25) is 5.95 Å². The average molecular weight is 278 g/mol. The topological polar surface area (TPSA) is 33.1 Å². The highest BCUT2D eigenvalue weighted by Crippen LogP contribution is 2.16. The molecule has 0 radical (unpaired) electrons. The maximum atomic E-state index is 4.61. The fraction of sp³-hybridized carbons (Fsp3) is 0.812. The van der Waals surface area contributed by atoms with Gasteiger partial charge in [-0.05, 0) is 45.7 Å². The van der Waals surface area contributed by atoms with E-state index in [0.717, 1.165) is 24.7 Å². The molecular formula is C16H30N4. The van der Waals surface area contributed by atoms with Gasteiger partial charge in [0.05, 0.1) is 5.69 Å². The van der Waals surface area contributed by atoms with Crippen LogP contribution in [0.15, 0.2) is 6.20 Å². The minimum absolute atomic E-state index is 0.587. The van der Waals surface area contributed by atoms with E-state index < -0.39 is 0 Å². The van der Waals surface area contributed by atoms with E-state index >= 15 is 0 Å². The molecule has 114 valence electrons. The molecule has 2 heterocycles. The largest absolute Gasteiger partial charge is 0.355 e. The summed E-state index contributed by atoms with van der Waals surface area (Å²) in [5, 5.41) is 3.48. The first-order valence-electron chi connectivity index (χ1n) is 8.08. The van der Waals surface area contributed by atoms with Crippen LogP contribution in [0.5, 0.6) is 0 Å². The molecule has 4 heteroatoms. The van der Waals surface area contributed by atoms with Crippen molar-refractivity contribution in [1.82, 2.24) is 14.5 Å². The van der Waals surface area contributed by atoms with Crippen LogP contribution in [0.3, 0.4) is 0 Å². The minimum Gasteiger partial charge on any atom is -0.355 e. The smallest absolute Gasteiger partial charge is 0.203 e. The fourth-order valence-corrected chi connectivity index (χ4v) is 2.88. The monoisotopic (exact) mass is 278 g/mol. The van der Waals surface area contributed by atoms with E-state index in [1.54, 1.807) is 0 Å². The van der Waals surface area contributed by atoms with Crippen molar-refractivity contribution in [3.05, 3.63) is 11.9 Å². The van der Waals surface area contributed by atoms with Gasteiger partial charge in [0.15, 0.2) is 0 Å². The zero-order chi connectivity index (χ0) is 14.5. The first kappa shape index (κ1) is 15.4. The lowest BCUT2D eigenvalue weighted by Crippen LogP contribution is -2.39. The van der Waals surface area contributed by atoms with Crippen LogP contribution in [-0.4, -0.2) is 40.1 Å². The number of rotatable bonds is 6. The number of nitrogens with one attached hydrogen (secondary N) is 1. The lowest BCUT2D eigenvalue weighted by atomic mass is 10.1. The molecule has 1 aliphatic heterocycles. The minimum atomic E-state index is 0.587. The van der Waals surface area contributed by atoms with Crippen molar-refractivity contribution in [3.63, 3.8) is 0 Å². The quantitative estimate of drug-likeness (QED) is 0.868. The predicted octanol–water partition coefficient (Wildman–Crippen LogP) is 3.13. The predicted molar refractivity (Wildman–Crippen MR) is 85.2 cm³/mol. The van der Waals surface area contributed by atoms with E-state index in [4.69, 9.17) is 0 Å². The van der Waals surface area contributed by atoms with Crippen LogP contribution in [0.2, 0.25) is 0 Å². The molecular weight excluding hydrogens is 248 g/mol. The molecule has 0 bridgehead atoms. The van der Waals surface area contributed by atoms with E-state index in [0.29, 0.717) is 12.0 Å². The Bertz CT molecular complexity index is 405. The number of anilines is 1. The normalized spacial score (nSPS) is 18.4. The summed E-state index contributed by atoms with van der Waals surface area (Å²) in [6.45, 7) is 13.4. The lowest BCUT2D eigenvalue weighted by Gasteiger charge is -2.32. The van der Waals surface area contributed by atoms with Crippen LogP contribution in [0, 0.1) is 12.8 Å². The molecule has 20 heavy (non-hydrogen) atoms. The van der Waals surface area contributed by atoms with Crippen LogP contribution >= 0.6 is 0 Å². The van der Waals surface area contributed by atoms with Crippen molar-refractivity contribution in [2.75, 3.05) is 25.0 Å². The summed E-state index contributed by atoms with van der Waals surface area (Å²) in [7, 11) is 0. The summed E-state index contributed by atoms with van der Waals surface area (Å²) in [5.41, 5.74) is 1.10. The Kier molecular flexibility index (Phi) is 5.46. The summed E-state index contributed by atoms with van der Waals surface area (Å²) in [6, 6.07) is 0.587. The van der Waals surface area contributed by atoms with Crippen LogP contribution < -0.4 is 5.32 Å². The Morgan fingerprint density at radius 3 is 2.55 bits per heavy atom. The van der Waals surface area contributed by atoms with Crippen LogP contribution in [-0.2, 0) is 6.54 Å². The van der Waals surface area contributed by atoms with Gasteiger partial charge in [-0.1, -0.05) is 20.3 Å². The van der Waals surface area contributed by atoms with Crippen LogP contribution in [0.1, 0.15) is 45.7 Å². The maximum Gasteiger partial charge on any atom is 0.203 e. The van der Waals surface area contributed by atoms with Gasteiger partial charge in [0.25, 0.3) is 0 Å². The Balaban J connectivity index is 1.96. The number of hydrogen-bond donors (Lipinski definition) is 1. The van der Waals surface area contributed by atoms with Gasteiger partial charge in [-0.3, -0.25) is 4.90 Å². The van der Waals surface area contributed by atoms with Gasteiger partial charge < -0.3 is 9.88 Å². The molecule has 1 saturated heterocycles. The number of imidazole rings is 1. The van der Waals surface area contributed by atoms with Crippen LogP contribution in [0.4, 0.5) is 5.95 Å². The zero-order valence-corrected chi connectivity index (χ0v) is 13.5. The Morgan fingerprint density at radius 2 is 1.90 bits per heavy atom. The second-order valence-electron chi connectivity index (χ2n) is 6.58. The lowest BCUT2D eigenvalue weighted by molar-refractivity contribution is 0.160. The average Bonchev–Trinajstić information content (AvgIpc) is 2.77. The van der Waals surface area contributed by atoms with Gasteiger partial charge in [0.1, 0.15) is 0 Å². The second kappa shape index (κ2) is 7.11. The van der Waals surface area contributed by atoms with Gasteiger partial charge >= 0.3 is 0 Å². The number of aromatic nitrogens is 2. The molecule has 0 amide bonds. The maximum absolute atomic E-state index is 4.61. The summed E-state index contributed by atoms with van der Waals surface area (Å²) in [6.07, 6.45) is 6.27. The van der Waals surface area contributed by atoms with Gasteiger partial charge in [-0.2, -0.15) is 0 Å². The Hall–Kier alpha value is -1.03. The highest BCUT2D eigenvalue weighted by molar-refractivity contribution is 5.28. The number of likely N-dealkylation sites (tertiary alicyclic amines) is 1. The van der Waals surface area contributed by atoms with Gasteiger partial charge in [0, 0.05) is 25.3 Å². The van der Waals surface area contributed by atoms with E-state index in [9.17, 15) is 0 Å². The first-order chi connectivity index (χ1) is 9.56. The van der Waals surface area contributed by atoms with Gasteiger partial charge in [-0.25, -0.2) is 4.98 Å². The van der Waals surface area contributed by atoms with E-state index in [2.05, 4.69) is 53.7 Å². The molecule has 1 unspecified atom stereocenters. The molecule has 1 aliphatic rings. The van der Waals surface area contributed by atoms with Crippen LogP contribution in [0.25, 0.3) is 0 Å². The highest BCUT2D eigenvalue weighted by atomic mass is 15.2. The molecule has 1 atom stereocenters. The summed E-state index contributed by atoms with van der Waals surface area (Å²) in [4.78, 5) is 7.23. The second-order valence-corrected chi connectivity index (χ2v) is 6.58. The molecule has 1 aromatic rings. The van der Waals surface area contributed by atoms with Crippen molar-refractivity contribution in [2.45, 2.75) is 59.5 Å². The first-order valence-corrected chi connectivity index (χ1v) is 8.08. The third-order valence-corrected chi connectivity index (χ3v) is 4.04. The van der Waals surface area contributed by atoms with Crippen molar-refractivity contribution >= 4 is 5.95 Å². The molecule has 0 aromatic carbocycles. The third kappa shape index (κ3) is 4.23. The number of piperidine rings is 1. The molecule has 0 saturated carbocycles. The van der Waals surface area contributed by atoms with Crippen molar-refractivity contribution in [2.24, 2.45) is 5.92 Å². The molecule has 1 aromatic heterocycles. The molecule has 1 N–H and O–H groups in total. The standard InChI is InChI=1S/C16H30N4/c1-13(2)10-17-16-18-14(3)11-20(16)12-15(4)19-8-6-5-7-9-19/h11,13,15H,5-10,12H2,1-4H3,(H,17,18). The van der Waals surface area contributed by atoms with Crippen molar-refractivity contribution < 1.29 is 0 Å². The highest BCUT2D eigenvalue weighted by Gasteiger charge is 2.18. The Morgan fingerprint density at radius 1 is 1.20 bits per heavy atom. The van der Waals surface area contributed by atoms with E-state index in [1.165, 1.54) is 32.4 Å². The summed E-state index contributed by atoms with van der Waals surface area (Å²) in [5.74, 6) is 1.67.